The summed E-state index contributed by atoms with van der Waals surface area (Å²) in [6, 6.07) is 36.6. The van der Waals surface area contributed by atoms with Crippen molar-refractivity contribution in [1.82, 2.24) is 4.90 Å². The molecule has 4 aromatic rings. The average Bonchev–Trinajstić information content (AvgIpc) is 3.24. The average molecular weight is 510 g/mol. The molecule has 0 bridgehead atoms. The molecule has 5 heteroatoms. The third kappa shape index (κ3) is 6.36. The van der Waals surface area contributed by atoms with Gasteiger partial charge >= 0.3 is 0 Å². The van der Waals surface area contributed by atoms with E-state index in [0.717, 1.165) is 23.1 Å². The first kappa shape index (κ1) is 25.0. The van der Waals surface area contributed by atoms with E-state index >= 15 is 0 Å². The van der Waals surface area contributed by atoms with E-state index < -0.39 is 0 Å². The number of nitrogens with zero attached hydrogens (tertiary/aromatic N) is 1. The van der Waals surface area contributed by atoms with E-state index in [9.17, 15) is 4.79 Å². The highest BCUT2D eigenvalue weighted by Gasteiger charge is 2.38. The van der Waals surface area contributed by atoms with E-state index in [4.69, 9.17) is 9.47 Å². The fourth-order valence-corrected chi connectivity index (χ4v) is 5.73. The summed E-state index contributed by atoms with van der Waals surface area (Å²) in [7, 11) is 0. The molecule has 1 fully saturated rings. The van der Waals surface area contributed by atoms with Gasteiger partial charge in [0.25, 0.3) is 0 Å². The Morgan fingerprint density at radius 1 is 0.703 bits per heavy atom. The van der Waals surface area contributed by atoms with Gasteiger partial charge in [0.2, 0.25) is 5.91 Å². The van der Waals surface area contributed by atoms with Crippen LogP contribution in [0.2, 0.25) is 0 Å². The number of hydrogen-bond acceptors (Lipinski definition) is 4. The summed E-state index contributed by atoms with van der Waals surface area (Å²) >= 11 is 1.69. The number of carbonyl (C=O) groups excluding carboxylic acids is 1. The lowest BCUT2D eigenvalue weighted by Gasteiger charge is -2.25. The SMILES string of the molecule is CC1SC(c2ccc(OCc3ccccc3)c(OCc3ccccc3)c2)N(CCc2ccccc2)C1=O. The zero-order valence-corrected chi connectivity index (χ0v) is 21.8. The van der Waals surface area contributed by atoms with Gasteiger partial charge in [0, 0.05) is 6.54 Å². The highest BCUT2D eigenvalue weighted by atomic mass is 32.2. The second kappa shape index (κ2) is 12.0. The lowest BCUT2D eigenvalue weighted by atomic mass is 10.1. The molecule has 4 nitrogen and oxygen atoms in total. The standard InChI is InChI=1S/C32H31NO3S/c1-24-31(34)33(20-19-25-11-5-2-6-12-25)32(37-24)28-17-18-29(35-22-26-13-7-3-8-14-26)30(21-28)36-23-27-15-9-4-10-16-27/h2-18,21,24,32H,19-20,22-23H2,1H3. The van der Waals surface area contributed by atoms with E-state index in [-0.39, 0.29) is 16.5 Å². The summed E-state index contributed by atoms with van der Waals surface area (Å²) in [4.78, 5) is 15.1. The van der Waals surface area contributed by atoms with E-state index in [0.29, 0.717) is 31.3 Å². The van der Waals surface area contributed by atoms with Gasteiger partial charge in [-0.1, -0.05) is 97.1 Å². The van der Waals surface area contributed by atoms with E-state index in [1.807, 2.05) is 103 Å². The molecule has 0 saturated carbocycles. The maximum absolute atomic E-state index is 13.1. The number of ether oxygens (including phenoxy) is 2. The van der Waals surface area contributed by atoms with Crippen LogP contribution in [0.3, 0.4) is 0 Å². The highest BCUT2D eigenvalue weighted by molar-refractivity contribution is 8.01. The van der Waals surface area contributed by atoms with Crippen LogP contribution in [0.4, 0.5) is 0 Å². The van der Waals surface area contributed by atoms with Crippen molar-refractivity contribution in [2.75, 3.05) is 6.54 Å². The Morgan fingerprint density at radius 3 is 1.84 bits per heavy atom. The number of amides is 1. The van der Waals surface area contributed by atoms with Crippen LogP contribution in [0, 0.1) is 0 Å². The minimum absolute atomic E-state index is 0.0616. The molecule has 0 radical (unpaired) electrons. The summed E-state index contributed by atoms with van der Waals surface area (Å²) < 4.78 is 12.5. The van der Waals surface area contributed by atoms with Crippen LogP contribution >= 0.6 is 11.8 Å². The van der Waals surface area contributed by atoms with Gasteiger partial charge in [-0.3, -0.25) is 4.79 Å². The van der Waals surface area contributed by atoms with Gasteiger partial charge in [-0.15, -0.1) is 11.8 Å². The molecule has 1 heterocycles. The molecule has 2 atom stereocenters. The second-order valence-electron chi connectivity index (χ2n) is 9.15. The van der Waals surface area contributed by atoms with Gasteiger partial charge in [-0.05, 0) is 47.7 Å². The maximum atomic E-state index is 13.1. The molecule has 0 N–H and O–H groups in total. The van der Waals surface area contributed by atoms with Crippen LogP contribution in [0.5, 0.6) is 11.5 Å². The molecule has 1 saturated heterocycles. The zero-order valence-electron chi connectivity index (χ0n) is 21.0. The van der Waals surface area contributed by atoms with Crippen LogP contribution in [0.15, 0.2) is 109 Å². The monoisotopic (exact) mass is 509 g/mol. The highest BCUT2D eigenvalue weighted by Crippen LogP contribution is 2.45. The summed E-state index contributed by atoms with van der Waals surface area (Å²) in [6.45, 7) is 3.57. The van der Waals surface area contributed by atoms with Crippen LogP contribution in [0.25, 0.3) is 0 Å². The van der Waals surface area contributed by atoms with Gasteiger partial charge < -0.3 is 14.4 Å². The lowest BCUT2D eigenvalue weighted by Crippen LogP contribution is -2.32. The van der Waals surface area contributed by atoms with Crippen LogP contribution in [-0.4, -0.2) is 22.6 Å². The van der Waals surface area contributed by atoms with Crippen molar-refractivity contribution < 1.29 is 14.3 Å². The van der Waals surface area contributed by atoms with E-state index in [2.05, 4.69) is 18.2 Å². The normalized spacial score (nSPS) is 17.1. The van der Waals surface area contributed by atoms with Crippen molar-refractivity contribution >= 4 is 17.7 Å². The van der Waals surface area contributed by atoms with Gasteiger partial charge in [-0.2, -0.15) is 0 Å². The third-order valence-electron chi connectivity index (χ3n) is 6.46. The summed E-state index contributed by atoms with van der Waals surface area (Å²) in [6.07, 6.45) is 0.825. The number of thioether (sulfide) groups is 1. The number of hydrogen-bond donors (Lipinski definition) is 0. The number of carbonyl (C=O) groups is 1. The zero-order chi connectivity index (χ0) is 25.5. The fraction of sp³-hybridized carbons (Fsp3) is 0.219. The Labute approximate surface area is 223 Å². The molecule has 5 rings (SSSR count). The molecule has 37 heavy (non-hydrogen) atoms. The van der Waals surface area contributed by atoms with Crippen molar-refractivity contribution in [3.05, 3.63) is 131 Å². The fourth-order valence-electron chi connectivity index (χ4n) is 4.44. The smallest absolute Gasteiger partial charge is 0.236 e. The Kier molecular flexibility index (Phi) is 8.11. The summed E-state index contributed by atoms with van der Waals surface area (Å²) in [5, 5.41) is -0.142. The molecule has 0 spiro atoms. The van der Waals surface area contributed by atoms with E-state index in [1.165, 1.54) is 5.56 Å². The minimum Gasteiger partial charge on any atom is -0.485 e. The van der Waals surface area contributed by atoms with Crippen LogP contribution < -0.4 is 9.47 Å². The van der Waals surface area contributed by atoms with Gasteiger partial charge in [0.15, 0.2) is 11.5 Å². The first-order valence-corrected chi connectivity index (χ1v) is 13.6. The van der Waals surface area contributed by atoms with Crippen LogP contribution in [-0.2, 0) is 24.4 Å². The Hall–Kier alpha value is -3.70. The molecule has 188 valence electrons. The van der Waals surface area contributed by atoms with Crippen molar-refractivity contribution in [2.45, 2.75) is 37.2 Å². The molecule has 1 aliphatic rings. The lowest BCUT2D eigenvalue weighted by molar-refractivity contribution is -0.129. The Morgan fingerprint density at radius 2 is 1.24 bits per heavy atom. The summed E-state index contributed by atoms with van der Waals surface area (Å²) in [5.74, 6) is 1.57. The number of benzene rings is 4. The van der Waals surface area contributed by atoms with Gasteiger partial charge in [0.1, 0.15) is 18.6 Å². The molecule has 0 aromatic heterocycles. The predicted molar refractivity (Wildman–Crippen MR) is 150 cm³/mol. The van der Waals surface area contributed by atoms with Gasteiger partial charge in [-0.25, -0.2) is 0 Å². The molecule has 4 aromatic carbocycles. The quantitative estimate of drug-likeness (QED) is 0.230. The third-order valence-corrected chi connectivity index (χ3v) is 7.85. The molecule has 1 amide bonds. The van der Waals surface area contributed by atoms with Crippen molar-refractivity contribution in [3.8, 4) is 11.5 Å². The second-order valence-corrected chi connectivity index (χ2v) is 10.6. The topological polar surface area (TPSA) is 38.8 Å². The largest absolute Gasteiger partial charge is 0.485 e. The van der Waals surface area contributed by atoms with Crippen molar-refractivity contribution in [3.63, 3.8) is 0 Å². The van der Waals surface area contributed by atoms with Gasteiger partial charge in [0.05, 0.1) is 5.25 Å². The van der Waals surface area contributed by atoms with Crippen molar-refractivity contribution in [1.29, 1.82) is 0 Å². The number of rotatable bonds is 10. The molecule has 1 aliphatic heterocycles. The Bertz CT molecular complexity index is 1300. The molecular formula is C32H31NO3S. The summed E-state index contributed by atoms with van der Waals surface area (Å²) in [5.41, 5.74) is 4.46. The van der Waals surface area contributed by atoms with Crippen LogP contribution in [0.1, 0.15) is 34.6 Å². The molecule has 2 unspecified atom stereocenters. The first-order chi connectivity index (χ1) is 18.2. The molecule has 0 aliphatic carbocycles. The van der Waals surface area contributed by atoms with E-state index in [1.54, 1.807) is 11.8 Å². The Balaban J connectivity index is 1.38. The minimum atomic E-state index is -0.0801. The molecular weight excluding hydrogens is 478 g/mol. The predicted octanol–water partition coefficient (Wildman–Crippen LogP) is 7.05. The first-order valence-electron chi connectivity index (χ1n) is 12.6. The maximum Gasteiger partial charge on any atom is 0.236 e. The van der Waals surface area contributed by atoms with Crippen molar-refractivity contribution in [2.24, 2.45) is 0 Å².